The summed E-state index contributed by atoms with van der Waals surface area (Å²) in [5, 5.41) is 0. The number of amides is 1. The van der Waals surface area contributed by atoms with Crippen LogP contribution < -0.4 is 4.74 Å². The van der Waals surface area contributed by atoms with Gasteiger partial charge in [-0.3, -0.25) is 4.79 Å². The molecule has 0 N–H and O–H groups in total. The first-order valence-corrected chi connectivity index (χ1v) is 7.45. The van der Waals surface area contributed by atoms with Crippen LogP contribution in [0.5, 0.6) is 5.75 Å². The fraction of sp³-hybridized carbons (Fsp3) is 0.533. The van der Waals surface area contributed by atoms with Crippen molar-refractivity contribution < 1.29 is 9.53 Å². The third-order valence-corrected chi connectivity index (χ3v) is 3.92. The number of carbonyl (C=O) groups is 1. The third kappa shape index (κ3) is 4.23. The van der Waals surface area contributed by atoms with Crippen LogP contribution in [0.4, 0.5) is 0 Å². The second-order valence-electron chi connectivity index (χ2n) is 4.71. The maximum atomic E-state index is 12.4. The van der Waals surface area contributed by atoms with Gasteiger partial charge in [-0.2, -0.15) is 0 Å². The minimum Gasteiger partial charge on any atom is -0.496 e. The number of carbonyl (C=O) groups excluding carboxylic acids is 1. The topological polar surface area (TPSA) is 29.5 Å². The number of ether oxygens (including phenoxy) is 1. The number of hydrogen-bond donors (Lipinski definition) is 0. The van der Waals surface area contributed by atoms with E-state index in [0.717, 1.165) is 29.7 Å². The van der Waals surface area contributed by atoms with Crippen LogP contribution in [0.3, 0.4) is 0 Å². The van der Waals surface area contributed by atoms with Crippen molar-refractivity contribution in [2.45, 2.75) is 27.2 Å². The normalized spacial score (nSPS) is 12.1. The fourth-order valence-electron chi connectivity index (χ4n) is 1.84. The molecule has 3 nitrogen and oxygen atoms in total. The lowest BCUT2D eigenvalue weighted by Gasteiger charge is -2.24. The zero-order valence-electron chi connectivity index (χ0n) is 12.1. The molecule has 0 fully saturated rings. The van der Waals surface area contributed by atoms with Crippen molar-refractivity contribution in [2.75, 3.05) is 20.2 Å². The highest BCUT2D eigenvalue weighted by Crippen LogP contribution is 2.26. The zero-order valence-corrected chi connectivity index (χ0v) is 13.7. The summed E-state index contributed by atoms with van der Waals surface area (Å²) in [5.74, 6) is 1.33. The van der Waals surface area contributed by atoms with Crippen molar-refractivity contribution in [1.29, 1.82) is 0 Å². The molecular weight excluding hydrogens is 306 g/mol. The molecule has 0 spiro atoms. The molecule has 1 aromatic rings. The van der Waals surface area contributed by atoms with E-state index in [-0.39, 0.29) is 5.91 Å². The van der Waals surface area contributed by atoms with Gasteiger partial charge in [0.2, 0.25) is 0 Å². The quantitative estimate of drug-likeness (QED) is 0.791. The predicted octanol–water partition coefficient (Wildman–Crippen LogP) is 3.97. The van der Waals surface area contributed by atoms with E-state index in [1.165, 1.54) is 0 Å². The molecule has 4 heteroatoms. The largest absolute Gasteiger partial charge is 0.496 e. The lowest BCUT2D eigenvalue weighted by atomic mass is 10.1. The van der Waals surface area contributed by atoms with Gasteiger partial charge in [0.15, 0.2) is 0 Å². The van der Waals surface area contributed by atoms with E-state index in [9.17, 15) is 4.79 Å². The van der Waals surface area contributed by atoms with Crippen molar-refractivity contribution in [3.05, 3.63) is 28.2 Å². The number of nitrogens with zero attached hydrogens (tertiary/aromatic N) is 1. The molecule has 0 saturated carbocycles. The van der Waals surface area contributed by atoms with E-state index in [1.807, 2.05) is 30.0 Å². The second kappa shape index (κ2) is 7.53. The third-order valence-electron chi connectivity index (χ3n) is 3.30. The van der Waals surface area contributed by atoms with Crippen LogP contribution >= 0.6 is 15.9 Å². The molecule has 1 rings (SSSR count). The minimum atomic E-state index is 0.0751. The van der Waals surface area contributed by atoms with Gasteiger partial charge >= 0.3 is 0 Å². The van der Waals surface area contributed by atoms with Crippen molar-refractivity contribution in [2.24, 2.45) is 5.92 Å². The molecule has 19 heavy (non-hydrogen) atoms. The van der Waals surface area contributed by atoms with Gasteiger partial charge in [-0.05, 0) is 47.0 Å². The predicted molar refractivity (Wildman–Crippen MR) is 81.7 cm³/mol. The van der Waals surface area contributed by atoms with Crippen LogP contribution in [0.15, 0.2) is 22.7 Å². The Balaban J connectivity index is 2.88. The Labute approximate surface area is 124 Å². The number of benzene rings is 1. The van der Waals surface area contributed by atoms with E-state index in [0.29, 0.717) is 11.5 Å². The molecule has 1 unspecified atom stereocenters. The summed E-state index contributed by atoms with van der Waals surface area (Å²) in [4.78, 5) is 14.3. The molecule has 0 bridgehead atoms. The summed E-state index contributed by atoms with van der Waals surface area (Å²) in [7, 11) is 1.61. The maximum absolute atomic E-state index is 12.4. The van der Waals surface area contributed by atoms with E-state index >= 15 is 0 Å². The minimum absolute atomic E-state index is 0.0751. The summed E-state index contributed by atoms with van der Waals surface area (Å²) in [6.07, 6.45) is 1.08. The molecule has 0 saturated heterocycles. The summed E-state index contributed by atoms with van der Waals surface area (Å²) in [6, 6.07) is 5.44. The van der Waals surface area contributed by atoms with E-state index < -0.39 is 0 Å². The van der Waals surface area contributed by atoms with Gasteiger partial charge in [-0.1, -0.05) is 20.3 Å². The molecule has 0 aliphatic heterocycles. The molecule has 1 amide bonds. The Bertz CT molecular complexity index is 434. The van der Waals surface area contributed by atoms with Crippen molar-refractivity contribution >= 4 is 21.8 Å². The molecule has 106 valence electrons. The fourth-order valence-corrected chi connectivity index (χ4v) is 2.38. The standard InChI is InChI=1S/C15H22BrNO2/c1-5-11(3)10-17(6-2)15(18)12-7-8-14(19-4)13(16)9-12/h7-9,11H,5-6,10H2,1-4H3. The van der Waals surface area contributed by atoms with Crippen LogP contribution in [0.2, 0.25) is 0 Å². The van der Waals surface area contributed by atoms with E-state index in [2.05, 4.69) is 29.8 Å². The highest BCUT2D eigenvalue weighted by Gasteiger charge is 2.17. The number of hydrogen-bond acceptors (Lipinski definition) is 2. The van der Waals surface area contributed by atoms with E-state index in [1.54, 1.807) is 7.11 Å². The van der Waals surface area contributed by atoms with Gasteiger partial charge in [0, 0.05) is 18.7 Å². The highest BCUT2D eigenvalue weighted by molar-refractivity contribution is 9.10. The molecule has 0 aliphatic rings. The van der Waals surface area contributed by atoms with Gasteiger partial charge < -0.3 is 9.64 Å². The summed E-state index contributed by atoms with van der Waals surface area (Å²) >= 11 is 3.42. The molecule has 0 aromatic heterocycles. The van der Waals surface area contributed by atoms with Crippen LogP contribution in [0, 0.1) is 5.92 Å². The Morgan fingerprint density at radius 2 is 2.11 bits per heavy atom. The number of rotatable bonds is 6. The van der Waals surface area contributed by atoms with Crippen LogP contribution in [0.25, 0.3) is 0 Å². The van der Waals surface area contributed by atoms with Gasteiger partial charge in [0.25, 0.3) is 5.91 Å². The molecule has 0 aliphatic carbocycles. The summed E-state index contributed by atoms with van der Waals surface area (Å²) in [5.41, 5.74) is 0.692. The maximum Gasteiger partial charge on any atom is 0.253 e. The average Bonchev–Trinajstić information content (AvgIpc) is 2.43. The van der Waals surface area contributed by atoms with Crippen molar-refractivity contribution in [3.63, 3.8) is 0 Å². The Kier molecular flexibility index (Phi) is 6.35. The molecule has 1 aromatic carbocycles. The van der Waals surface area contributed by atoms with Gasteiger partial charge in [-0.15, -0.1) is 0 Å². The van der Waals surface area contributed by atoms with Crippen LogP contribution in [-0.4, -0.2) is 31.0 Å². The van der Waals surface area contributed by atoms with Crippen molar-refractivity contribution in [1.82, 2.24) is 4.90 Å². The summed E-state index contributed by atoms with van der Waals surface area (Å²) in [6.45, 7) is 7.86. The highest BCUT2D eigenvalue weighted by atomic mass is 79.9. The van der Waals surface area contributed by atoms with Gasteiger partial charge in [-0.25, -0.2) is 0 Å². The SMILES string of the molecule is CCC(C)CN(CC)C(=O)c1ccc(OC)c(Br)c1. The summed E-state index contributed by atoms with van der Waals surface area (Å²) < 4.78 is 5.98. The van der Waals surface area contributed by atoms with Crippen LogP contribution in [-0.2, 0) is 0 Å². The van der Waals surface area contributed by atoms with Gasteiger partial charge in [0.1, 0.15) is 5.75 Å². The number of halogens is 1. The number of methoxy groups -OCH3 is 1. The zero-order chi connectivity index (χ0) is 14.4. The lowest BCUT2D eigenvalue weighted by molar-refractivity contribution is 0.0740. The lowest BCUT2D eigenvalue weighted by Crippen LogP contribution is -2.34. The average molecular weight is 328 g/mol. The molecular formula is C15H22BrNO2. The smallest absolute Gasteiger partial charge is 0.253 e. The molecule has 0 heterocycles. The Morgan fingerprint density at radius 1 is 1.42 bits per heavy atom. The molecule has 1 atom stereocenters. The first-order valence-electron chi connectivity index (χ1n) is 6.66. The van der Waals surface area contributed by atoms with Crippen LogP contribution in [0.1, 0.15) is 37.6 Å². The molecule has 0 radical (unpaired) electrons. The second-order valence-corrected chi connectivity index (χ2v) is 5.56. The first kappa shape index (κ1) is 16.0. The van der Waals surface area contributed by atoms with E-state index in [4.69, 9.17) is 4.74 Å². The first-order chi connectivity index (χ1) is 9.03. The Hall–Kier alpha value is -1.03. The van der Waals surface area contributed by atoms with Crippen molar-refractivity contribution in [3.8, 4) is 5.75 Å². The monoisotopic (exact) mass is 327 g/mol. The Morgan fingerprint density at radius 3 is 2.58 bits per heavy atom. The van der Waals surface area contributed by atoms with Gasteiger partial charge in [0.05, 0.1) is 11.6 Å².